The van der Waals surface area contributed by atoms with E-state index in [1.165, 1.54) is 24.3 Å². The van der Waals surface area contributed by atoms with Gasteiger partial charge in [-0.15, -0.1) is 0 Å². The van der Waals surface area contributed by atoms with Gasteiger partial charge in [-0.3, -0.25) is 0 Å². The molecule has 3 rings (SSSR count). The average molecular weight is 513 g/mol. The molecule has 9 heteroatoms. The Bertz CT molecular complexity index is 1250. The second kappa shape index (κ2) is 9.58. The number of benzene rings is 2. The third-order valence-electron chi connectivity index (χ3n) is 5.29. The maximum atomic E-state index is 15.3. The topological polar surface area (TPSA) is 40.3 Å². The fourth-order valence-electron chi connectivity index (χ4n) is 3.74. The van der Waals surface area contributed by atoms with E-state index in [0.717, 1.165) is 12.1 Å². The molecule has 3 aromatic rings. The molecule has 0 spiro atoms. The van der Waals surface area contributed by atoms with Gasteiger partial charge in [0.1, 0.15) is 34.3 Å². The molecule has 2 aromatic carbocycles. The predicted octanol–water partition coefficient (Wildman–Crippen LogP) is 7.73. The van der Waals surface area contributed by atoms with Gasteiger partial charge in [0, 0.05) is 34.8 Å². The Morgan fingerprint density at radius 3 is 2.17 bits per heavy atom. The Labute approximate surface area is 205 Å². The predicted molar refractivity (Wildman–Crippen MR) is 132 cm³/mol. The second-order valence-electron chi connectivity index (χ2n) is 10.7. The van der Waals surface area contributed by atoms with Crippen LogP contribution in [0.3, 0.4) is 0 Å². The highest BCUT2D eigenvalue weighted by molar-refractivity contribution is 7.91. The fraction of sp³-hybridized carbons (Fsp3) is 0.423. The van der Waals surface area contributed by atoms with Gasteiger partial charge in [-0.05, 0) is 49.9 Å². The van der Waals surface area contributed by atoms with E-state index < -0.39 is 40.3 Å². The lowest BCUT2D eigenvalue weighted by atomic mass is 9.96. The molecule has 0 saturated carbocycles. The van der Waals surface area contributed by atoms with Crippen LogP contribution in [0.2, 0.25) is 0 Å². The zero-order valence-corrected chi connectivity index (χ0v) is 21.4. The number of aromatic nitrogens is 1. The van der Waals surface area contributed by atoms with Gasteiger partial charge in [0.25, 0.3) is 0 Å². The lowest BCUT2D eigenvalue weighted by molar-refractivity contribution is -0.137. The zero-order chi connectivity index (χ0) is 26.3. The van der Waals surface area contributed by atoms with Crippen LogP contribution in [-0.2, 0) is 24.1 Å². The van der Waals surface area contributed by atoms with Crippen molar-refractivity contribution in [2.45, 2.75) is 59.0 Å². The van der Waals surface area contributed by atoms with Crippen LogP contribution in [0.1, 0.15) is 52.7 Å². The van der Waals surface area contributed by atoms with E-state index in [1.807, 2.05) is 20.8 Å². The SMILES string of the molecule is CC(C)(C)Cn1cc(C(CF)=N[S+]([O-])C(C)(C)C)c2cc(F)c(-c3ccccc3C(F)(F)F)cc21. The van der Waals surface area contributed by atoms with Crippen molar-refractivity contribution in [2.75, 3.05) is 6.67 Å². The molecule has 1 atom stereocenters. The average Bonchev–Trinajstić information content (AvgIpc) is 3.05. The molecule has 1 heterocycles. The Balaban J connectivity index is 2.32. The third kappa shape index (κ3) is 6.06. The minimum absolute atomic E-state index is 0.0984. The molecule has 0 bridgehead atoms. The van der Waals surface area contributed by atoms with Crippen LogP contribution in [0.25, 0.3) is 22.0 Å². The van der Waals surface area contributed by atoms with Crippen molar-refractivity contribution in [3.63, 3.8) is 0 Å². The van der Waals surface area contributed by atoms with Crippen LogP contribution < -0.4 is 0 Å². The molecule has 0 fully saturated rings. The summed E-state index contributed by atoms with van der Waals surface area (Å²) in [5.41, 5.74) is -1.08. The number of hydrogen-bond acceptors (Lipinski definition) is 2. The minimum atomic E-state index is -4.67. The van der Waals surface area contributed by atoms with Gasteiger partial charge in [-0.2, -0.15) is 13.2 Å². The van der Waals surface area contributed by atoms with Gasteiger partial charge in [-0.25, -0.2) is 8.78 Å². The molecular formula is C26H29F5N2OS. The van der Waals surface area contributed by atoms with Crippen LogP contribution in [0.5, 0.6) is 0 Å². The van der Waals surface area contributed by atoms with Gasteiger partial charge in [-0.1, -0.05) is 43.4 Å². The summed E-state index contributed by atoms with van der Waals surface area (Å²) in [7, 11) is 0. The van der Waals surface area contributed by atoms with Crippen molar-refractivity contribution < 1.29 is 26.5 Å². The maximum Gasteiger partial charge on any atom is 0.417 e. The first-order valence-corrected chi connectivity index (χ1v) is 12.2. The summed E-state index contributed by atoms with van der Waals surface area (Å²) in [4.78, 5) is 0. The van der Waals surface area contributed by atoms with Crippen molar-refractivity contribution in [1.29, 1.82) is 0 Å². The highest BCUT2D eigenvalue weighted by atomic mass is 32.2. The van der Waals surface area contributed by atoms with Crippen molar-refractivity contribution in [2.24, 2.45) is 9.81 Å². The largest absolute Gasteiger partial charge is 0.591 e. The van der Waals surface area contributed by atoms with Gasteiger partial charge < -0.3 is 9.12 Å². The summed E-state index contributed by atoms with van der Waals surface area (Å²) in [6, 6.07) is 7.28. The van der Waals surface area contributed by atoms with E-state index in [-0.39, 0.29) is 27.8 Å². The molecule has 1 aromatic heterocycles. The van der Waals surface area contributed by atoms with E-state index in [1.54, 1.807) is 31.5 Å². The van der Waals surface area contributed by atoms with Crippen LogP contribution in [0, 0.1) is 11.2 Å². The molecule has 0 aliphatic rings. The molecule has 0 saturated heterocycles. The highest BCUT2D eigenvalue weighted by Gasteiger charge is 2.34. The fourth-order valence-corrected chi connectivity index (χ4v) is 4.36. The molecule has 0 N–H and O–H groups in total. The molecule has 190 valence electrons. The monoisotopic (exact) mass is 512 g/mol. The summed E-state index contributed by atoms with van der Waals surface area (Å²) < 4.78 is 88.1. The molecule has 0 radical (unpaired) electrons. The first kappa shape index (κ1) is 27.2. The van der Waals surface area contributed by atoms with Crippen LogP contribution in [0.4, 0.5) is 22.0 Å². The summed E-state index contributed by atoms with van der Waals surface area (Å²) in [6.45, 7) is 10.4. The van der Waals surface area contributed by atoms with Crippen LogP contribution in [0.15, 0.2) is 47.0 Å². The van der Waals surface area contributed by atoms with Crippen LogP contribution >= 0.6 is 0 Å². The lowest BCUT2D eigenvalue weighted by Crippen LogP contribution is -2.27. The number of rotatable bonds is 5. The van der Waals surface area contributed by atoms with Gasteiger partial charge in [0.2, 0.25) is 0 Å². The first-order valence-electron chi connectivity index (χ1n) is 11.1. The lowest BCUT2D eigenvalue weighted by Gasteiger charge is -2.20. The van der Waals surface area contributed by atoms with Crippen LogP contribution in [-0.4, -0.2) is 26.3 Å². The first-order chi connectivity index (χ1) is 16.0. The Kier molecular flexibility index (Phi) is 7.44. The third-order valence-corrected chi connectivity index (χ3v) is 6.73. The standard InChI is InChI=1S/C26H29F5N2OS/c1-24(2,3)15-33-14-19(22(13-27)32-35(34)25(4,5)6)18-11-21(28)17(12-23(18)33)16-9-7-8-10-20(16)26(29,30)31/h7-12,14H,13,15H2,1-6H3. The van der Waals surface area contributed by atoms with E-state index in [0.29, 0.717) is 17.4 Å². The van der Waals surface area contributed by atoms with Crippen molar-refractivity contribution >= 4 is 28.0 Å². The van der Waals surface area contributed by atoms with E-state index in [9.17, 15) is 22.1 Å². The van der Waals surface area contributed by atoms with Crippen molar-refractivity contribution in [3.05, 3.63) is 59.5 Å². The van der Waals surface area contributed by atoms with Gasteiger partial charge in [0.05, 0.1) is 5.56 Å². The number of halogens is 5. The zero-order valence-electron chi connectivity index (χ0n) is 20.6. The van der Waals surface area contributed by atoms with Crippen molar-refractivity contribution in [1.82, 2.24) is 4.57 Å². The molecule has 1 unspecified atom stereocenters. The molecule has 3 nitrogen and oxygen atoms in total. The number of fused-ring (bicyclic) bond motifs is 1. The Morgan fingerprint density at radius 2 is 1.63 bits per heavy atom. The Morgan fingerprint density at radius 1 is 1.00 bits per heavy atom. The molecule has 0 aliphatic carbocycles. The minimum Gasteiger partial charge on any atom is -0.591 e. The second-order valence-corrected chi connectivity index (χ2v) is 12.6. The molecule has 35 heavy (non-hydrogen) atoms. The van der Waals surface area contributed by atoms with Gasteiger partial charge in [0.15, 0.2) is 0 Å². The number of alkyl halides is 4. The molecule has 0 amide bonds. The van der Waals surface area contributed by atoms with Gasteiger partial charge >= 0.3 is 6.18 Å². The quantitative estimate of drug-likeness (QED) is 0.196. The van der Waals surface area contributed by atoms with Crippen molar-refractivity contribution in [3.8, 4) is 11.1 Å². The summed E-state index contributed by atoms with van der Waals surface area (Å²) in [5, 5.41) is 0.294. The number of hydrogen-bond donors (Lipinski definition) is 0. The molecule has 0 aliphatic heterocycles. The van der Waals surface area contributed by atoms with E-state index in [2.05, 4.69) is 4.40 Å². The summed E-state index contributed by atoms with van der Waals surface area (Å²) in [5.74, 6) is -0.876. The van der Waals surface area contributed by atoms with E-state index >= 15 is 4.39 Å². The maximum absolute atomic E-state index is 15.3. The summed E-state index contributed by atoms with van der Waals surface area (Å²) >= 11 is -1.75. The number of nitrogens with zero attached hydrogens (tertiary/aromatic N) is 2. The Hall–Kier alpha value is -2.39. The normalized spacial score (nSPS) is 14.6. The molecular weight excluding hydrogens is 483 g/mol. The summed E-state index contributed by atoms with van der Waals surface area (Å²) in [6.07, 6.45) is -3.06. The van der Waals surface area contributed by atoms with E-state index in [4.69, 9.17) is 0 Å². The smallest absolute Gasteiger partial charge is 0.417 e. The highest BCUT2D eigenvalue weighted by Crippen LogP contribution is 2.40.